The fourth-order valence-corrected chi connectivity index (χ4v) is 6.74. The van der Waals surface area contributed by atoms with Crippen LogP contribution in [0.1, 0.15) is 38.5 Å². The first-order valence-electron chi connectivity index (χ1n) is 9.40. The topological polar surface area (TPSA) is 36.1 Å². The van der Waals surface area contributed by atoms with Gasteiger partial charge in [0.15, 0.2) is 0 Å². The smallest absolute Gasteiger partial charge is 0.0108 e. The third-order valence-electron chi connectivity index (χ3n) is 8.62. The molecule has 3 heterocycles. The van der Waals surface area contributed by atoms with E-state index in [1.807, 2.05) is 0 Å². The second-order valence-electron chi connectivity index (χ2n) is 9.56. The van der Waals surface area contributed by atoms with Gasteiger partial charge in [-0.2, -0.15) is 0 Å². The largest absolute Gasteiger partial charge is 0.316 e. The summed E-state index contributed by atoms with van der Waals surface area (Å²) in [6.07, 6.45) is 9.12. The van der Waals surface area contributed by atoms with E-state index in [4.69, 9.17) is 0 Å². The molecule has 0 aromatic rings. The predicted molar refractivity (Wildman–Crippen MR) is 83.0 cm³/mol. The van der Waals surface area contributed by atoms with E-state index in [0.29, 0.717) is 0 Å². The van der Waals surface area contributed by atoms with Gasteiger partial charge in [-0.1, -0.05) is 0 Å². The predicted octanol–water partition coefficient (Wildman–Crippen LogP) is 1.35. The van der Waals surface area contributed by atoms with Crippen molar-refractivity contribution in [1.82, 2.24) is 16.0 Å². The van der Waals surface area contributed by atoms with Crippen molar-refractivity contribution >= 4 is 0 Å². The molecule has 3 spiro atoms. The summed E-state index contributed by atoms with van der Waals surface area (Å²) >= 11 is 0. The fourth-order valence-electron chi connectivity index (χ4n) is 6.74. The normalized spacial score (nSPS) is 54.9. The Morgan fingerprint density at radius 2 is 1.52 bits per heavy atom. The highest BCUT2D eigenvalue weighted by Gasteiger charge is 2.69. The first kappa shape index (κ1) is 12.3. The van der Waals surface area contributed by atoms with Gasteiger partial charge in [-0.05, 0) is 85.6 Å². The molecule has 0 aromatic heterocycles. The van der Waals surface area contributed by atoms with Crippen LogP contribution in [0.5, 0.6) is 0 Å². The van der Waals surface area contributed by atoms with Crippen LogP contribution < -0.4 is 16.0 Å². The van der Waals surface area contributed by atoms with E-state index < -0.39 is 0 Å². The minimum Gasteiger partial charge on any atom is -0.316 e. The van der Waals surface area contributed by atoms with Crippen molar-refractivity contribution in [3.05, 3.63) is 0 Å². The molecular formula is C18H29N3. The zero-order chi connectivity index (χ0) is 13.7. The van der Waals surface area contributed by atoms with Gasteiger partial charge in [-0.25, -0.2) is 0 Å². The summed E-state index contributed by atoms with van der Waals surface area (Å²) in [6, 6.07) is 0.865. The molecule has 5 unspecified atom stereocenters. The highest BCUT2D eigenvalue weighted by molar-refractivity contribution is 5.22. The molecule has 0 radical (unpaired) electrons. The van der Waals surface area contributed by atoms with Crippen LogP contribution in [0.4, 0.5) is 0 Å². The minimum absolute atomic E-state index is 0.727. The van der Waals surface area contributed by atoms with Crippen LogP contribution in [-0.4, -0.2) is 38.8 Å². The molecule has 6 fully saturated rings. The molecule has 6 aliphatic rings. The van der Waals surface area contributed by atoms with Crippen molar-refractivity contribution in [2.75, 3.05) is 32.7 Å². The van der Waals surface area contributed by atoms with Crippen molar-refractivity contribution < 1.29 is 0 Å². The Labute approximate surface area is 128 Å². The molecule has 5 atom stereocenters. The van der Waals surface area contributed by atoms with E-state index in [-0.39, 0.29) is 0 Å². The Morgan fingerprint density at radius 1 is 0.667 bits per heavy atom. The maximum absolute atomic E-state index is 3.96. The molecule has 3 aliphatic carbocycles. The molecular weight excluding hydrogens is 258 g/mol. The first-order valence-corrected chi connectivity index (χ1v) is 9.40. The van der Waals surface area contributed by atoms with Gasteiger partial charge in [0.05, 0.1) is 0 Å². The van der Waals surface area contributed by atoms with E-state index in [9.17, 15) is 0 Å². The monoisotopic (exact) mass is 287 g/mol. The average Bonchev–Trinajstić information content (AvgIpc) is 3.35. The highest BCUT2D eigenvalue weighted by atomic mass is 15.1. The number of rotatable bonds is 2. The van der Waals surface area contributed by atoms with Crippen molar-refractivity contribution in [1.29, 1.82) is 0 Å². The van der Waals surface area contributed by atoms with Gasteiger partial charge in [0.25, 0.3) is 0 Å². The van der Waals surface area contributed by atoms with Crippen LogP contribution in [-0.2, 0) is 0 Å². The van der Waals surface area contributed by atoms with Gasteiger partial charge in [0.2, 0.25) is 0 Å². The second-order valence-corrected chi connectivity index (χ2v) is 9.56. The van der Waals surface area contributed by atoms with Crippen LogP contribution in [0.15, 0.2) is 0 Å². The van der Waals surface area contributed by atoms with Crippen LogP contribution in [0.3, 0.4) is 0 Å². The molecule has 3 saturated heterocycles. The Hall–Kier alpha value is -0.120. The summed E-state index contributed by atoms with van der Waals surface area (Å²) < 4.78 is 0. The lowest BCUT2D eigenvalue weighted by atomic mass is 9.77. The highest BCUT2D eigenvalue weighted by Crippen LogP contribution is 2.71. The quantitative estimate of drug-likeness (QED) is 0.717. The molecule has 0 amide bonds. The van der Waals surface area contributed by atoms with Crippen molar-refractivity contribution in [3.63, 3.8) is 0 Å². The van der Waals surface area contributed by atoms with Gasteiger partial charge in [0, 0.05) is 25.7 Å². The third kappa shape index (κ3) is 1.56. The Balaban J connectivity index is 1.16. The Bertz CT molecular complexity index is 481. The van der Waals surface area contributed by atoms with Gasteiger partial charge in [-0.3, -0.25) is 0 Å². The Kier molecular flexibility index (Phi) is 2.16. The SMILES string of the molecule is C1CC2(CC2)C(C2CC23CNC(C2CC24CNC4)C3)CN1. The lowest BCUT2D eigenvalue weighted by Gasteiger charge is -2.34. The van der Waals surface area contributed by atoms with Crippen molar-refractivity contribution in [2.45, 2.75) is 44.6 Å². The van der Waals surface area contributed by atoms with E-state index >= 15 is 0 Å². The molecule has 6 rings (SSSR count). The number of hydrogen-bond donors (Lipinski definition) is 3. The molecule has 116 valence electrons. The van der Waals surface area contributed by atoms with Gasteiger partial charge < -0.3 is 16.0 Å². The van der Waals surface area contributed by atoms with Crippen molar-refractivity contribution in [2.24, 2.45) is 34.0 Å². The number of piperidine rings is 1. The Morgan fingerprint density at radius 3 is 2.24 bits per heavy atom. The van der Waals surface area contributed by atoms with Gasteiger partial charge in [0.1, 0.15) is 0 Å². The van der Waals surface area contributed by atoms with Crippen LogP contribution >= 0.6 is 0 Å². The fraction of sp³-hybridized carbons (Fsp3) is 1.00. The molecule has 3 nitrogen and oxygen atoms in total. The number of nitrogens with one attached hydrogen (secondary N) is 3. The summed E-state index contributed by atoms with van der Waals surface area (Å²) in [5.41, 5.74) is 2.28. The summed E-state index contributed by atoms with van der Waals surface area (Å²) in [4.78, 5) is 0. The second kappa shape index (κ2) is 3.68. The minimum atomic E-state index is 0.727. The molecule has 0 bridgehead atoms. The van der Waals surface area contributed by atoms with Gasteiger partial charge >= 0.3 is 0 Å². The maximum atomic E-state index is 3.96. The molecule has 3 saturated carbocycles. The zero-order valence-electron chi connectivity index (χ0n) is 13.1. The van der Waals surface area contributed by atoms with E-state index in [1.165, 1.54) is 52.0 Å². The summed E-state index contributed by atoms with van der Waals surface area (Å²) in [5.74, 6) is 3.09. The maximum Gasteiger partial charge on any atom is 0.0108 e. The molecule has 3 aliphatic heterocycles. The summed E-state index contributed by atoms with van der Waals surface area (Å²) in [5, 5.41) is 11.2. The molecule has 3 N–H and O–H groups in total. The van der Waals surface area contributed by atoms with Crippen LogP contribution in [0.2, 0.25) is 0 Å². The van der Waals surface area contributed by atoms with E-state index in [1.54, 1.807) is 19.3 Å². The lowest BCUT2D eigenvalue weighted by Crippen LogP contribution is -2.47. The van der Waals surface area contributed by atoms with Crippen molar-refractivity contribution in [3.8, 4) is 0 Å². The van der Waals surface area contributed by atoms with E-state index in [2.05, 4.69) is 16.0 Å². The summed E-state index contributed by atoms with van der Waals surface area (Å²) in [7, 11) is 0. The zero-order valence-corrected chi connectivity index (χ0v) is 13.1. The summed E-state index contributed by atoms with van der Waals surface area (Å²) in [6.45, 7) is 6.57. The molecule has 0 aromatic carbocycles. The van der Waals surface area contributed by atoms with Crippen LogP contribution in [0, 0.1) is 34.0 Å². The van der Waals surface area contributed by atoms with E-state index in [0.717, 1.165) is 40.0 Å². The van der Waals surface area contributed by atoms with Crippen LogP contribution in [0.25, 0.3) is 0 Å². The molecule has 21 heavy (non-hydrogen) atoms. The standard InChI is InChI=1S/C18H29N3/c1-2-16(1)3-4-19-8-14(16)12-5-17(12)7-15(21-11-17)13-6-18(13)9-20-10-18/h12-15,19-21H,1-11H2. The number of hydrogen-bond acceptors (Lipinski definition) is 3. The first-order chi connectivity index (χ1) is 10.3. The lowest BCUT2D eigenvalue weighted by molar-refractivity contribution is 0.181. The average molecular weight is 287 g/mol. The van der Waals surface area contributed by atoms with Gasteiger partial charge in [-0.15, -0.1) is 0 Å². The molecule has 3 heteroatoms. The third-order valence-corrected chi connectivity index (χ3v) is 8.62.